The number of carbonyl (C=O) groups is 1. The number of anilines is 1. The number of alkyl halides is 3. The number of hydrogen-bond acceptors (Lipinski definition) is 4. The molecule has 24 heavy (non-hydrogen) atoms. The van der Waals surface area contributed by atoms with Gasteiger partial charge in [-0.2, -0.15) is 13.2 Å². The molecule has 0 unspecified atom stereocenters. The first-order valence-corrected chi connectivity index (χ1v) is 6.98. The van der Waals surface area contributed by atoms with Gasteiger partial charge in [-0.3, -0.25) is 4.79 Å². The van der Waals surface area contributed by atoms with E-state index in [1.54, 1.807) is 0 Å². The van der Waals surface area contributed by atoms with E-state index < -0.39 is 17.9 Å². The standard InChI is InChI=1S/C13H11ClF3N5O.ClH/c14-9-5-7(18)1-2-8(9)11(23)21-3-4-22-10(6-21)19-20-12(22)13(15,16)17;/h1-2,5H,3-4,6,18H2;1H. The fourth-order valence-corrected chi connectivity index (χ4v) is 2.69. The molecule has 2 heterocycles. The van der Waals surface area contributed by atoms with E-state index in [0.717, 1.165) is 4.57 Å². The minimum Gasteiger partial charge on any atom is -0.399 e. The van der Waals surface area contributed by atoms with Gasteiger partial charge >= 0.3 is 6.18 Å². The highest BCUT2D eigenvalue weighted by Crippen LogP contribution is 2.30. The first kappa shape index (κ1) is 18.3. The van der Waals surface area contributed by atoms with Gasteiger partial charge in [-0.25, -0.2) is 0 Å². The molecule has 0 bridgehead atoms. The summed E-state index contributed by atoms with van der Waals surface area (Å²) in [6.45, 7) is 0.00574. The third kappa shape index (κ3) is 3.27. The van der Waals surface area contributed by atoms with Crippen LogP contribution in [-0.4, -0.2) is 32.1 Å². The lowest BCUT2D eigenvalue weighted by Gasteiger charge is -2.28. The van der Waals surface area contributed by atoms with Crippen LogP contribution in [0.3, 0.4) is 0 Å². The van der Waals surface area contributed by atoms with E-state index in [9.17, 15) is 18.0 Å². The zero-order valence-electron chi connectivity index (χ0n) is 12.0. The van der Waals surface area contributed by atoms with Gasteiger partial charge in [0.05, 0.1) is 17.1 Å². The molecule has 2 N–H and O–H groups in total. The quantitative estimate of drug-likeness (QED) is 0.770. The molecule has 0 aliphatic carbocycles. The van der Waals surface area contributed by atoms with Crippen molar-refractivity contribution >= 4 is 35.6 Å². The molecule has 0 atom stereocenters. The Morgan fingerprint density at radius 1 is 1.25 bits per heavy atom. The van der Waals surface area contributed by atoms with Gasteiger partial charge in [0.25, 0.3) is 5.91 Å². The fraction of sp³-hybridized carbons (Fsp3) is 0.308. The molecule has 0 saturated carbocycles. The maximum Gasteiger partial charge on any atom is 0.451 e. The van der Waals surface area contributed by atoms with Crippen LogP contribution in [0.5, 0.6) is 0 Å². The SMILES string of the molecule is Cl.Nc1ccc(C(=O)N2CCn3c(nnc3C(F)(F)F)C2)c(Cl)c1. The number of benzene rings is 1. The molecule has 0 spiro atoms. The first-order chi connectivity index (χ1) is 10.8. The molecule has 0 radical (unpaired) electrons. The maximum absolute atomic E-state index is 12.8. The Kier molecular flexibility index (Phi) is 4.95. The Morgan fingerprint density at radius 2 is 1.96 bits per heavy atom. The Hall–Kier alpha value is -2.00. The summed E-state index contributed by atoms with van der Waals surface area (Å²) in [5, 5.41) is 6.90. The second kappa shape index (κ2) is 6.48. The molecule has 1 aromatic heterocycles. The van der Waals surface area contributed by atoms with Crippen LogP contribution in [0.25, 0.3) is 0 Å². The van der Waals surface area contributed by atoms with Crippen LogP contribution in [0.15, 0.2) is 18.2 Å². The van der Waals surface area contributed by atoms with Crippen molar-refractivity contribution in [3.05, 3.63) is 40.4 Å². The number of halogens is 5. The highest BCUT2D eigenvalue weighted by Gasteiger charge is 2.40. The van der Waals surface area contributed by atoms with Gasteiger partial charge in [0.2, 0.25) is 5.82 Å². The van der Waals surface area contributed by atoms with E-state index in [-0.39, 0.29) is 48.5 Å². The van der Waals surface area contributed by atoms with Gasteiger partial charge in [-0.15, -0.1) is 22.6 Å². The molecular weight excluding hydrogens is 370 g/mol. The van der Waals surface area contributed by atoms with Crippen molar-refractivity contribution in [2.24, 2.45) is 0 Å². The highest BCUT2D eigenvalue weighted by atomic mass is 35.5. The number of fused-ring (bicyclic) bond motifs is 1. The molecule has 1 aliphatic heterocycles. The predicted octanol–water partition coefficient (Wildman–Crippen LogP) is 2.61. The molecule has 2 aromatic rings. The minimum absolute atomic E-state index is 0. The third-order valence-electron chi connectivity index (χ3n) is 3.52. The van der Waals surface area contributed by atoms with Gasteiger partial charge in [0.1, 0.15) is 0 Å². The Balaban J connectivity index is 0.00000208. The van der Waals surface area contributed by atoms with Gasteiger partial charge in [0.15, 0.2) is 5.82 Å². The molecule has 6 nitrogen and oxygen atoms in total. The molecule has 0 saturated heterocycles. The number of rotatable bonds is 1. The van der Waals surface area contributed by atoms with E-state index in [4.69, 9.17) is 17.3 Å². The summed E-state index contributed by atoms with van der Waals surface area (Å²) in [6.07, 6.45) is -4.57. The van der Waals surface area contributed by atoms with Crippen LogP contribution in [0, 0.1) is 0 Å². The summed E-state index contributed by atoms with van der Waals surface area (Å²) >= 11 is 6.00. The van der Waals surface area contributed by atoms with E-state index in [1.165, 1.54) is 23.1 Å². The monoisotopic (exact) mass is 381 g/mol. The number of aromatic nitrogens is 3. The van der Waals surface area contributed by atoms with Crippen molar-refractivity contribution in [3.8, 4) is 0 Å². The second-order valence-corrected chi connectivity index (χ2v) is 5.46. The topological polar surface area (TPSA) is 77.0 Å². The summed E-state index contributed by atoms with van der Waals surface area (Å²) in [5.41, 5.74) is 6.23. The predicted molar refractivity (Wildman–Crippen MR) is 82.9 cm³/mol. The van der Waals surface area contributed by atoms with Crippen molar-refractivity contribution in [3.63, 3.8) is 0 Å². The third-order valence-corrected chi connectivity index (χ3v) is 3.83. The van der Waals surface area contributed by atoms with E-state index in [1.807, 2.05) is 0 Å². The largest absolute Gasteiger partial charge is 0.451 e. The van der Waals surface area contributed by atoms with E-state index in [0.29, 0.717) is 5.69 Å². The fourth-order valence-electron chi connectivity index (χ4n) is 2.42. The zero-order valence-corrected chi connectivity index (χ0v) is 13.6. The summed E-state index contributed by atoms with van der Waals surface area (Å²) < 4.78 is 39.3. The number of nitrogens with two attached hydrogens (primary N) is 1. The summed E-state index contributed by atoms with van der Waals surface area (Å²) in [5.74, 6) is -1.36. The molecular formula is C13H12Cl2F3N5O. The average molecular weight is 382 g/mol. The average Bonchev–Trinajstić information content (AvgIpc) is 2.89. The molecule has 130 valence electrons. The van der Waals surface area contributed by atoms with Crippen LogP contribution in [0.4, 0.5) is 18.9 Å². The van der Waals surface area contributed by atoms with Crippen molar-refractivity contribution in [2.75, 3.05) is 12.3 Å². The van der Waals surface area contributed by atoms with Gasteiger partial charge < -0.3 is 15.2 Å². The van der Waals surface area contributed by atoms with Gasteiger partial charge in [-0.1, -0.05) is 11.6 Å². The van der Waals surface area contributed by atoms with Crippen LogP contribution < -0.4 is 5.73 Å². The van der Waals surface area contributed by atoms with Crippen LogP contribution >= 0.6 is 24.0 Å². The molecule has 3 rings (SSSR count). The minimum atomic E-state index is -4.57. The second-order valence-electron chi connectivity index (χ2n) is 5.06. The first-order valence-electron chi connectivity index (χ1n) is 6.61. The molecule has 1 aromatic carbocycles. The van der Waals surface area contributed by atoms with Crippen molar-refractivity contribution in [2.45, 2.75) is 19.3 Å². The Labute approximate surface area is 145 Å². The van der Waals surface area contributed by atoms with Crippen LogP contribution in [0.2, 0.25) is 5.02 Å². The Morgan fingerprint density at radius 3 is 2.58 bits per heavy atom. The number of nitrogen functional groups attached to an aromatic ring is 1. The number of amides is 1. The van der Waals surface area contributed by atoms with E-state index in [2.05, 4.69) is 10.2 Å². The van der Waals surface area contributed by atoms with Crippen molar-refractivity contribution in [1.29, 1.82) is 0 Å². The lowest BCUT2D eigenvalue weighted by atomic mass is 10.1. The van der Waals surface area contributed by atoms with Crippen molar-refractivity contribution in [1.82, 2.24) is 19.7 Å². The van der Waals surface area contributed by atoms with Crippen molar-refractivity contribution < 1.29 is 18.0 Å². The molecule has 1 aliphatic rings. The molecule has 11 heteroatoms. The molecule has 0 fully saturated rings. The number of hydrogen-bond donors (Lipinski definition) is 1. The zero-order chi connectivity index (χ0) is 16.8. The summed E-state index contributed by atoms with van der Waals surface area (Å²) in [6, 6.07) is 4.47. The van der Waals surface area contributed by atoms with Gasteiger partial charge in [0, 0.05) is 18.8 Å². The summed E-state index contributed by atoms with van der Waals surface area (Å²) in [4.78, 5) is 13.8. The summed E-state index contributed by atoms with van der Waals surface area (Å²) in [7, 11) is 0. The van der Waals surface area contributed by atoms with E-state index >= 15 is 0 Å². The number of carbonyl (C=O) groups excluding carboxylic acids is 1. The Bertz CT molecular complexity index is 777. The lowest BCUT2D eigenvalue weighted by Crippen LogP contribution is -2.39. The molecule has 1 amide bonds. The van der Waals surface area contributed by atoms with Crippen LogP contribution in [0.1, 0.15) is 22.0 Å². The highest BCUT2D eigenvalue weighted by molar-refractivity contribution is 6.34. The van der Waals surface area contributed by atoms with Gasteiger partial charge in [-0.05, 0) is 18.2 Å². The van der Waals surface area contributed by atoms with Crippen LogP contribution in [-0.2, 0) is 19.3 Å². The smallest absolute Gasteiger partial charge is 0.399 e. The number of nitrogens with zero attached hydrogens (tertiary/aromatic N) is 4. The lowest BCUT2D eigenvalue weighted by molar-refractivity contribution is -0.147. The normalized spacial score (nSPS) is 14.1. The maximum atomic E-state index is 12.8.